The minimum Gasteiger partial charge on any atom is -0.492 e. The molecule has 0 aliphatic heterocycles. The predicted octanol–water partition coefficient (Wildman–Crippen LogP) is 3.68. The van der Waals surface area contributed by atoms with E-state index in [1.807, 2.05) is 19.1 Å². The molecule has 0 saturated carbocycles. The number of esters is 1. The summed E-state index contributed by atoms with van der Waals surface area (Å²) < 4.78 is 10.6. The van der Waals surface area contributed by atoms with Crippen LogP contribution in [-0.2, 0) is 19.7 Å². The zero-order valence-electron chi connectivity index (χ0n) is 18.7. The number of carbonyl (C=O) groups excluding carboxylic acids is 3. The summed E-state index contributed by atoms with van der Waals surface area (Å²) in [5, 5.41) is 5.19. The van der Waals surface area contributed by atoms with Crippen molar-refractivity contribution in [1.29, 1.82) is 0 Å². The average molecular weight is 427 g/mol. The van der Waals surface area contributed by atoms with Gasteiger partial charge in [0.25, 0.3) is 11.8 Å². The standard InChI is InChI=1S/C24H30N2O5/c1-6-30-20-10-8-7-9-19(20)26-22(28)16(2)31-21(27)15-25-23(29)17-11-13-18(14-12-17)24(3,4)5/h7-14,16H,6,15H2,1-5H3,(H,25,29)(H,26,28)/t16-/m1/s1. The zero-order chi connectivity index (χ0) is 23.0. The van der Waals surface area contributed by atoms with Crippen molar-refractivity contribution in [1.82, 2.24) is 5.32 Å². The van der Waals surface area contributed by atoms with Gasteiger partial charge in [0.05, 0.1) is 12.3 Å². The molecule has 1 atom stereocenters. The third kappa shape index (κ3) is 7.13. The van der Waals surface area contributed by atoms with Crippen LogP contribution in [0.25, 0.3) is 0 Å². The Morgan fingerprint density at radius 1 is 1.00 bits per heavy atom. The van der Waals surface area contributed by atoms with E-state index in [-0.39, 0.29) is 17.9 Å². The van der Waals surface area contributed by atoms with E-state index in [1.54, 1.807) is 36.4 Å². The van der Waals surface area contributed by atoms with Crippen LogP contribution in [-0.4, -0.2) is 37.0 Å². The van der Waals surface area contributed by atoms with E-state index < -0.39 is 18.0 Å². The van der Waals surface area contributed by atoms with E-state index >= 15 is 0 Å². The first-order chi connectivity index (χ1) is 14.6. The Morgan fingerprint density at radius 3 is 2.26 bits per heavy atom. The van der Waals surface area contributed by atoms with Gasteiger partial charge in [0.15, 0.2) is 6.10 Å². The number of hydrogen-bond donors (Lipinski definition) is 2. The molecule has 0 aliphatic rings. The van der Waals surface area contributed by atoms with E-state index in [1.165, 1.54) is 6.92 Å². The molecule has 7 nitrogen and oxygen atoms in total. The smallest absolute Gasteiger partial charge is 0.326 e. The Labute approximate surface area is 183 Å². The molecule has 0 heterocycles. The minimum absolute atomic E-state index is 0.0152. The fraction of sp³-hybridized carbons (Fsp3) is 0.375. The molecule has 0 spiro atoms. The van der Waals surface area contributed by atoms with Crippen molar-refractivity contribution < 1.29 is 23.9 Å². The van der Waals surface area contributed by atoms with Gasteiger partial charge in [-0.2, -0.15) is 0 Å². The average Bonchev–Trinajstić information content (AvgIpc) is 2.73. The summed E-state index contributed by atoms with van der Waals surface area (Å²) in [5.74, 6) is -1.06. The summed E-state index contributed by atoms with van der Waals surface area (Å²) in [6.07, 6.45) is -1.04. The molecule has 2 aromatic carbocycles. The van der Waals surface area contributed by atoms with Crippen LogP contribution in [0.15, 0.2) is 48.5 Å². The number of para-hydroxylation sites is 2. The monoisotopic (exact) mass is 426 g/mol. The summed E-state index contributed by atoms with van der Waals surface area (Å²) >= 11 is 0. The number of anilines is 1. The number of nitrogens with one attached hydrogen (secondary N) is 2. The van der Waals surface area contributed by atoms with Gasteiger partial charge in [0.1, 0.15) is 12.3 Å². The number of rotatable bonds is 8. The van der Waals surface area contributed by atoms with Crippen molar-refractivity contribution >= 4 is 23.5 Å². The maximum atomic E-state index is 12.3. The first-order valence-electron chi connectivity index (χ1n) is 10.2. The molecule has 0 bridgehead atoms. The molecule has 0 radical (unpaired) electrons. The maximum absolute atomic E-state index is 12.3. The fourth-order valence-electron chi connectivity index (χ4n) is 2.75. The Balaban J connectivity index is 1.85. The lowest BCUT2D eigenvalue weighted by atomic mass is 9.87. The van der Waals surface area contributed by atoms with Crippen LogP contribution >= 0.6 is 0 Å². The predicted molar refractivity (Wildman–Crippen MR) is 119 cm³/mol. The maximum Gasteiger partial charge on any atom is 0.326 e. The third-order valence-corrected chi connectivity index (χ3v) is 4.53. The van der Waals surface area contributed by atoms with Gasteiger partial charge < -0.3 is 20.1 Å². The van der Waals surface area contributed by atoms with Gasteiger partial charge in [-0.25, -0.2) is 0 Å². The number of amides is 2. The minimum atomic E-state index is -1.04. The van der Waals surface area contributed by atoms with Crippen molar-refractivity contribution in [2.24, 2.45) is 0 Å². The lowest BCUT2D eigenvalue weighted by Crippen LogP contribution is -2.35. The fourth-order valence-corrected chi connectivity index (χ4v) is 2.75. The van der Waals surface area contributed by atoms with Crippen molar-refractivity contribution in [3.05, 3.63) is 59.7 Å². The molecular formula is C24H30N2O5. The van der Waals surface area contributed by atoms with Crippen molar-refractivity contribution in [2.75, 3.05) is 18.5 Å². The van der Waals surface area contributed by atoms with E-state index in [2.05, 4.69) is 31.4 Å². The van der Waals surface area contributed by atoms with Crippen molar-refractivity contribution in [3.63, 3.8) is 0 Å². The molecule has 2 N–H and O–H groups in total. The van der Waals surface area contributed by atoms with Gasteiger partial charge in [-0.3, -0.25) is 14.4 Å². The number of carbonyl (C=O) groups is 3. The lowest BCUT2D eigenvalue weighted by Gasteiger charge is -2.19. The second-order valence-corrected chi connectivity index (χ2v) is 8.06. The third-order valence-electron chi connectivity index (χ3n) is 4.53. The molecule has 0 fully saturated rings. The number of hydrogen-bond acceptors (Lipinski definition) is 5. The van der Waals surface area contributed by atoms with Crippen LogP contribution in [0.2, 0.25) is 0 Å². The summed E-state index contributed by atoms with van der Waals surface area (Å²) in [4.78, 5) is 36.7. The Kier molecular flexibility index (Phi) is 8.19. The molecule has 2 amide bonds. The molecule has 0 aromatic heterocycles. The molecule has 0 unspecified atom stereocenters. The second-order valence-electron chi connectivity index (χ2n) is 8.06. The Hall–Kier alpha value is -3.35. The lowest BCUT2D eigenvalue weighted by molar-refractivity contribution is -0.152. The highest BCUT2D eigenvalue weighted by molar-refractivity contribution is 5.98. The van der Waals surface area contributed by atoms with Gasteiger partial charge in [-0.1, -0.05) is 45.0 Å². The van der Waals surface area contributed by atoms with Crippen LogP contribution < -0.4 is 15.4 Å². The summed E-state index contributed by atoms with van der Waals surface area (Å²) in [7, 11) is 0. The summed E-state index contributed by atoms with van der Waals surface area (Å²) in [6, 6.07) is 14.2. The van der Waals surface area contributed by atoms with Gasteiger partial charge >= 0.3 is 5.97 Å². The Bertz CT molecular complexity index is 916. The second kappa shape index (κ2) is 10.6. The van der Waals surface area contributed by atoms with Crippen LogP contribution in [0.1, 0.15) is 50.5 Å². The molecule has 166 valence electrons. The molecular weight excluding hydrogens is 396 g/mol. The molecule has 2 aromatic rings. The first kappa shape index (κ1) is 23.9. The highest BCUT2D eigenvalue weighted by Crippen LogP contribution is 2.24. The highest BCUT2D eigenvalue weighted by Gasteiger charge is 2.20. The largest absolute Gasteiger partial charge is 0.492 e. The molecule has 31 heavy (non-hydrogen) atoms. The van der Waals surface area contributed by atoms with E-state index in [0.717, 1.165) is 5.56 Å². The zero-order valence-corrected chi connectivity index (χ0v) is 18.7. The normalized spacial score (nSPS) is 11.9. The van der Waals surface area contributed by atoms with Crippen molar-refractivity contribution in [2.45, 2.75) is 46.1 Å². The van der Waals surface area contributed by atoms with Gasteiger partial charge in [0, 0.05) is 5.56 Å². The quantitative estimate of drug-likeness (QED) is 0.628. The SMILES string of the molecule is CCOc1ccccc1NC(=O)[C@@H](C)OC(=O)CNC(=O)c1ccc(C(C)(C)C)cc1. The van der Waals surface area contributed by atoms with Crippen molar-refractivity contribution in [3.8, 4) is 5.75 Å². The van der Waals surface area contributed by atoms with Crippen LogP contribution in [0, 0.1) is 0 Å². The number of ether oxygens (including phenoxy) is 2. The van der Waals surface area contributed by atoms with Crippen LogP contribution in [0.4, 0.5) is 5.69 Å². The van der Waals surface area contributed by atoms with Gasteiger partial charge in [-0.05, 0) is 49.1 Å². The van der Waals surface area contributed by atoms with Gasteiger partial charge in [-0.15, -0.1) is 0 Å². The summed E-state index contributed by atoms with van der Waals surface area (Å²) in [5.41, 5.74) is 2.02. The molecule has 2 rings (SSSR count). The highest BCUT2D eigenvalue weighted by atomic mass is 16.5. The Morgan fingerprint density at radius 2 is 1.65 bits per heavy atom. The molecule has 0 aliphatic carbocycles. The molecule has 7 heteroatoms. The van der Waals surface area contributed by atoms with Crippen LogP contribution in [0.5, 0.6) is 5.75 Å². The summed E-state index contributed by atoms with van der Waals surface area (Å²) in [6.45, 7) is 9.68. The van der Waals surface area contributed by atoms with E-state index in [0.29, 0.717) is 23.6 Å². The number of benzene rings is 2. The van der Waals surface area contributed by atoms with Crippen LogP contribution in [0.3, 0.4) is 0 Å². The van der Waals surface area contributed by atoms with E-state index in [9.17, 15) is 14.4 Å². The molecule has 0 saturated heterocycles. The van der Waals surface area contributed by atoms with Gasteiger partial charge in [0.2, 0.25) is 0 Å². The van der Waals surface area contributed by atoms with E-state index in [4.69, 9.17) is 9.47 Å². The topological polar surface area (TPSA) is 93.7 Å². The first-order valence-corrected chi connectivity index (χ1v) is 10.2.